The predicted molar refractivity (Wildman–Crippen MR) is 261 cm³/mol. The fourth-order valence-electron chi connectivity index (χ4n) is 11.9. The van der Waals surface area contributed by atoms with Gasteiger partial charge in [0.2, 0.25) is 0 Å². The van der Waals surface area contributed by atoms with Gasteiger partial charge in [0.1, 0.15) is 0 Å². The largest absolute Gasteiger partial charge is 0.309 e. The molecule has 0 saturated carbocycles. The Labute approximate surface area is 367 Å². The van der Waals surface area contributed by atoms with Crippen molar-refractivity contribution in [3.8, 4) is 33.4 Å². The Morgan fingerprint density at radius 1 is 0.242 bits per heavy atom. The van der Waals surface area contributed by atoms with Crippen LogP contribution in [0.5, 0.6) is 0 Å². The molecule has 4 heterocycles. The molecule has 4 aliphatic rings. The van der Waals surface area contributed by atoms with Crippen LogP contribution >= 0.6 is 0 Å². The van der Waals surface area contributed by atoms with Gasteiger partial charge in [-0.05, 0) is 139 Å². The Balaban J connectivity index is 0.997. The van der Waals surface area contributed by atoms with Gasteiger partial charge in [0.15, 0.2) is 0 Å². The first-order valence-corrected chi connectivity index (χ1v) is 22.4. The normalized spacial score (nSPS) is 17.2. The standard InChI is InChI=1S/C60H52N2/c1-57(2)43-23-9-13-27-51(43)61-52-28-14-10-24-44(52)58(3,4)48-34-41(33-47(57)55(48)61)39-21-17-19-37(31-39)38-20-18-22-40(32-38)42-35-49-56-50(36-42)60(7,8)46-26-12-16-30-54(46)62(56)53-29-15-11-25-45(53)59(49,5)6/h9-36H,1-8H3. The van der Waals surface area contributed by atoms with Crippen LogP contribution in [-0.4, -0.2) is 0 Å². The van der Waals surface area contributed by atoms with Crippen molar-refractivity contribution in [2.24, 2.45) is 0 Å². The number of fused-ring (bicyclic) bond motifs is 8. The van der Waals surface area contributed by atoms with E-state index in [2.05, 4.69) is 235 Å². The smallest absolute Gasteiger partial charge is 0.0544 e. The predicted octanol–water partition coefficient (Wildman–Crippen LogP) is 16.2. The van der Waals surface area contributed by atoms with Crippen molar-refractivity contribution >= 4 is 34.1 Å². The van der Waals surface area contributed by atoms with E-state index in [-0.39, 0.29) is 21.7 Å². The molecule has 0 saturated heterocycles. The third-order valence-electron chi connectivity index (χ3n) is 15.4. The molecule has 0 atom stereocenters. The van der Waals surface area contributed by atoms with Gasteiger partial charge in [0.05, 0.1) is 34.1 Å². The first-order valence-electron chi connectivity index (χ1n) is 22.4. The van der Waals surface area contributed by atoms with E-state index in [1.807, 2.05) is 0 Å². The van der Waals surface area contributed by atoms with Crippen molar-refractivity contribution < 1.29 is 0 Å². The van der Waals surface area contributed by atoms with Crippen molar-refractivity contribution in [1.29, 1.82) is 0 Å². The highest BCUT2D eigenvalue weighted by Gasteiger charge is 2.47. The van der Waals surface area contributed by atoms with E-state index in [9.17, 15) is 0 Å². The molecule has 0 amide bonds. The molecule has 8 aromatic rings. The lowest BCUT2D eigenvalue weighted by molar-refractivity contribution is 0.597. The first kappa shape index (κ1) is 37.1. The molecule has 0 radical (unpaired) electrons. The number of anilines is 6. The highest BCUT2D eigenvalue weighted by Crippen LogP contribution is 2.62. The van der Waals surface area contributed by atoms with Gasteiger partial charge in [0.25, 0.3) is 0 Å². The van der Waals surface area contributed by atoms with Gasteiger partial charge in [-0.25, -0.2) is 0 Å². The van der Waals surface area contributed by atoms with Crippen molar-refractivity contribution in [2.45, 2.75) is 77.0 Å². The molecule has 2 nitrogen and oxygen atoms in total. The van der Waals surface area contributed by atoms with Crippen LogP contribution in [0, 0.1) is 0 Å². The maximum atomic E-state index is 2.55. The minimum Gasteiger partial charge on any atom is -0.309 e. The van der Waals surface area contributed by atoms with Crippen LogP contribution in [0.25, 0.3) is 33.4 Å². The summed E-state index contributed by atoms with van der Waals surface area (Å²) in [6.07, 6.45) is 0. The highest BCUT2D eigenvalue weighted by molar-refractivity contribution is 5.96. The average molecular weight is 801 g/mol. The fourth-order valence-corrected chi connectivity index (χ4v) is 11.9. The van der Waals surface area contributed by atoms with E-state index >= 15 is 0 Å². The summed E-state index contributed by atoms with van der Waals surface area (Å²) in [5, 5.41) is 0. The van der Waals surface area contributed by atoms with Gasteiger partial charge >= 0.3 is 0 Å². The third-order valence-corrected chi connectivity index (χ3v) is 15.4. The van der Waals surface area contributed by atoms with Crippen LogP contribution in [0.3, 0.4) is 0 Å². The summed E-state index contributed by atoms with van der Waals surface area (Å²) in [4.78, 5) is 5.09. The SMILES string of the molecule is CC1(C)c2ccccc2N2c3ccccc3C(C)(C)c3cc(-c4cccc(-c5cccc(-c6cc7c8c(c6)C(C)(C)c6ccccc6N8c6ccccc6C7(C)C)c5)c4)cc1c32. The van der Waals surface area contributed by atoms with E-state index in [0.717, 1.165) is 0 Å². The molecule has 2 heteroatoms. The van der Waals surface area contributed by atoms with Crippen LogP contribution in [0.1, 0.15) is 99.9 Å². The van der Waals surface area contributed by atoms with Crippen LogP contribution in [0.15, 0.2) is 170 Å². The molecule has 62 heavy (non-hydrogen) atoms. The molecule has 0 aromatic heterocycles. The number of nitrogens with zero attached hydrogens (tertiary/aromatic N) is 2. The minimum absolute atomic E-state index is 0.181. The molecule has 8 aromatic carbocycles. The van der Waals surface area contributed by atoms with Gasteiger partial charge in [-0.2, -0.15) is 0 Å². The maximum absolute atomic E-state index is 2.55. The number of para-hydroxylation sites is 4. The fraction of sp³-hybridized carbons (Fsp3) is 0.200. The molecule has 0 N–H and O–H groups in total. The molecule has 0 aliphatic carbocycles. The van der Waals surface area contributed by atoms with Gasteiger partial charge in [0, 0.05) is 21.7 Å². The zero-order chi connectivity index (χ0) is 42.5. The second-order valence-electron chi connectivity index (χ2n) is 20.2. The van der Waals surface area contributed by atoms with Gasteiger partial charge in [-0.3, -0.25) is 0 Å². The summed E-state index contributed by atoms with van der Waals surface area (Å²) in [5.74, 6) is 0. The van der Waals surface area contributed by atoms with Crippen LogP contribution in [-0.2, 0) is 21.7 Å². The Morgan fingerprint density at radius 2 is 0.484 bits per heavy atom. The molecule has 4 aliphatic heterocycles. The molecular formula is C60H52N2. The minimum atomic E-state index is -0.181. The Hall–Kier alpha value is -6.64. The highest BCUT2D eigenvalue weighted by atomic mass is 15.2. The number of hydrogen-bond acceptors (Lipinski definition) is 2. The van der Waals surface area contributed by atoms with E-state index in [4.69, 9.17) is 0 Å². The molecule has 0 spiro atoms. The Bertz CT molecular complexity index is 2830. The zero-order valence-corrected chi connectivity index (χ0v) is 37.1. The summed E-state index contributed by atoms with van der Waals surface area (Å²) >= 11 is 0. The molecule has 12 rings (SSSR count). The zero-order valence-electron chi connectivity index (χ0n) is 37.1. The molecule has 0 bridgehead atoms. The van der Waals surface area contributed by atoms with E-state index in [1.54, 1.807) is 0 Å². The number of rotatable bonds is 3. The Kier molecular flexibility index (Phi) is 7.48. The summed E-state index contributed by atoms with van der Waals surface area (Å²) in [6.45, 7) is 19.3. The van der Waals surface area contributed by atoms with Gasteiger partial charge in [-0.15, -0.1) is 0 Å². The van der Waals surface area contributed by atoms with Crippen LogP contribution < -0.4 is 9.80 Å². The van der Waals surface area contributed by atoms with E-state index < -0.39 is 0 Å². The molecular weight excluding hydrogens is 749 g/mol. The first-order chi connectivity index (χ1) is 29.8. The summed E-state index contributed by atoms with van der Waals surface area (Å²) in [7, 11) is 0. The average Bonchev–Trinajstić information content (AvgIpc) is 3.28. The summed E-state index contributed by atoms with van der Waals surface area (Å²) < 4.78 is 0. The monoisotopic (exact) mass is 800 g/mol. The van der Waals surface area contributed by atoms with Crippen molar-refractivity contribution in [3.63, 3.8) is 0 Å². The lowest BCUT2D eigenvalue weighted by Crippen LogP contribution is -2.38. The number of benzene rings is 8. The lowest BCUT2D eigenvalue weighted by atomic mass is 9.65. The summed E-state index contributed by atoms with van der Waals surface area (Å²) in [6, 6.07) is 64.5. The second kappa shape index (κ2) is 12.5. The quantitative estimate of drug-likeness (QED) is 0.176. The van der Waals surface area contributed by atoms with Crippen LogP contribution in [0.4, 0.5) is 34.1 Å². The topological polar surface area (TPSA) is 6.48 Å². The van der Waals surface area contributed by atoms with Crippen molar-refractivity contribution in [3.05, 3.63) is 214 Å². The lowest BCUT2D eigenvalue weighted by Gasteiger charge is -2.49. The van der Waals surface area contributed by atoms with E-state index in [1.165, 1.54) is 112 Å². The van der Waals surface area contributed by atoms with Crippen LogP contribution in [0.2, 0.25) is 0 Å². The van der Waals surface area contributed by atoms with Gasteiger partial charge < -0.3 is 9.80 Å². The van der Waals surface area contributed by atoms with Crippen molar-refractivity contribution in [1.82, 2.24) is 0 Å². The summed E-state index contributed by atoms with van der Waals surface area (Å²) in [5.41, 5.74) is 25.5. The second-order valence-corrected chi connectivity index (χ2v) is 20.2. The van der Waals surface area contributed by atoms with Crippen molar-refractivity contribution in [2.75, 3.05) is 9.80 Å². The third kappa shape index (κ3) is 4.87. The molecule has 0 unspecified atom stereocenters. The number of hydrogen-bond donors (Lipinski definition) is 0. The maximum Gasteiger partial charge on any atom is 0.0544 e. The molecule has 0 fully saturated rings. The Morgan fingerprint density at radius 3 is 0.758 bits per heavy atom. The molecule has 302 valence electrons. The van der Waals surface area contributed by atoms with E-state index in [0.29, 0.717) is 0 Å². The van der Waals surface area contributed by atoms with Gasteiger partial charge in [-0.1, -0.05) is 165 Å².